The zero-order valence-corrected chi connectivity index (χ0v) is 20.6. The Kier molecular flexibility index (Phi) is 6.84. The molecule has 39 heavy (non-hydrogen) atoms. The number of ketones is 1. The van der Waals surface area contributed by atoms with Crippen molar-refractivity contribution in [1.29, 1.82) is 0 Å². The van der Waals surface area contributed by atoms with E-state index in [0.717, 1.165) is 0 Å². The molecule has 2 heterocycles. The SMILES string of the molecule is Cc1cc(C2=NOC(c3cc(C(F)(F)F)cc(C(F)(F)F)c3)(C(F)(F)F)C2)ccc1C(=O)CC1CS(=O)(=O)C1. The third-order valence-electron chi connectivity index (χ3n) is 6.55. The van der Waals surface area contributed by atoms with Crippen LogP contribution in [0.3, 0.4) is 0 Å². The van der Waals surface area contributed by atoms with E-state index in [9.17, 15) is 52.7 Å². The maximum absolute atomic E-state index is 14.3. The zero-order chi connectivity index (χ0) is 29.2. The molecule has 0 bridgehead atoms. The van der Waals surface area contributed by atoms with Crippen LogP contribution in [-0.2, 0) is 32.6 Å². The Hall–Kier alpha value is -3.10. The lowest BCUT2D eigenvalue weighted by Gasteiger charge is -2.30. The van der Waals surface area contributed by atoms with Crippen LogP contribution in [0.15, 0.2) is 41.6 Å². The number of oxime groups is 1. The first kappa shape index (κ1) is 28.9. The van der Waals surface area contributed by atoms with Crippen molar-refractivity contribution in [2.45, 2.75) is 43.9 Å². The lowest BCUT2D eigenvalue weighted by molar-refractivity contribution is -0.276. The molecule has 0 aliphatic carbocycles. The second-order valence-electron chi connectivity index (χ2n) is 9.53. The number of sulfone groups is 1. The Morgan fingerprint density at radius 1 is 0.949 bits per heavy atom. The van der Waals surface area contributed by atoms with Crippen LogP contribution in [0.25, 0.3) is 0 Å². The Morgan fingerprint density at radius 2 is 1.51 bits per heavy atom. The molecule has 15 heteroatoms. The summed E-state index contributed by atoms with van der Waals surface area (Å²) in [6.45, 7) is 1.46. The Bertz CT molecular complexity index is 1420. The topological polar surface area (TPSA) is 72.8 Å². The predicted octanol–water partition coefficient (Wildman–Crippen LogP) is 6.23. The molecule has 2 aromatic carbocycles. The van der Waals surface area contributed by atoms with Crippen LogP contribution >= 0.6 is 0 Å². The number of halogens is 9. The minimum absolute atomic E-state index is 0.00409. The number of carbonyl (C=O) groups excluding carboxylic acids is 1. The fourth-order valence-corrected chi connectivity index (χ4v) is 6.14. The second kappa shape index (κ2) is 9.24. The summed E-state index contributed by atoms with van der Waals surface area (Å²) in [7, 11) is -3.15. The molecule has 1 atom stereocenters. The predicted molar refractivity (Wildman–Crippen MR) is 119 cm³/mol. The number of hydrogen-bond acceptors (Lipinski definition) is 5. The molecule has 2 aliphatic rings. The van der Waals surface area contributed by atoms with E-state index in [1.807, 2.05) is 0 Å². The maximum atomic E-state index is 14.3. The minimum atomic E-state index is -5.47. The van der Waals surface area contributed by atoms with Gasteiger partial charge in [0.05, 0.1) is 28.3 Å². The number of nitrogens with zero attached hydrogens (tertiary/aromatic N) is 1. The van der Waals surface area contributed by atoms with E-state index in [1.165, 1.54) is 25.1 Å². The van der Waals surface area contributed by atoms with Crippen LogP contribution in [0.5, 0.6) is 0 Å². The molecule has 0 spiro atoms. The molecule has 212 valence electrons. The summed E-state index contributed by atoms with van der Waals surface area (Å²) >= 11 is 0. The summed E-state index contributed by atoms with van der Waals surface area (Å²) in [5, 5.41) is 3.37. The van der Waals surface area contributed by atoms with E-state index < -0.39 is 68.6 Å². The minimum Gasteiger partial charge on any atom is -0.374 e. The van der Waals surface area contributed by atoms with E-state index in [4.69, 9.17) is 0 Å². The van der Waals surface area contributed by atoms with Crippen molar-refractivity contribution in [3.05, 3.63) is 69.8 Å². The zero-order valence-electron chi connectivity index (χ0n) is 19.8. The van der Waals surface area contributed by atoms with Gasteiger partial charge in [-0.15, -0.1) is 0 Å². The molecule has 2 aliphatic heterocycles. The van der Waals surface area contributed by atoms with Gasteiger partial charge in [-0.05, 0) is 48.2 Å². The molecule has 0 saturated carbocycles. The van der Waals surface area contributed by atoms with Crippen molar-refractivity contribution in [2.24, 2.45) is 11.1 Å². The average Bonchev–Trinajstić information content (AvgIpc) is 3.23. The molecular weight excluding hydrogens is 569 g/mol. The highest BCUT2D eigenvalue weighted by Gasteiger charge is 2.63. The third kappa shape index (κ3) is 5.63. The first-order valence-electron chi connectivity index (χ1n) is 11.2. The molecule has 1 fully saturated rings. The monoisotopic (exact) mass is 587 g/mol. The highest BCUT2D eigenvalue weighted by Crippen LogP contribution is 2.51. The number of hydrogen-bond donors (Lipinski definition) is 0. The number of rotatable bonds is 5. The summed E-state index contributed by atoms with van der Waals surface area (Å²) in [5.41, 5.74) is -8.87. The second-order valence-corrected chi connectivity index (χ2v) is 11.7. The lowest BCUT2D eigenvalue weighted by Crippen LogP contribution is -2.43. The smallest absolute Gasteiger partial charge is 0.374 e. The highest BCUT2D eigenvalue weighted by atomic mass is 32.2. The van der Waals surface area contributed by atoms with Gasteiger partial charge in [0, 0.05) is 24.0 Å². The van der Waals surface area contributed by atoms with Gasteiger partial charge in [-0.2, -0.15) is 39.5 Å². The molecule has 0 radical (unpaired) electrons. The van der Waals surface area contributed by atoms with Crippen LogP contribution in [0, 0.1) is 12.8 Å². The van der Waals surface area contributed by atoms with Crippen LogP contribution in [0.4, 0.5) is 39.5 Å². The lowest BCUT2D eigenvalue weighted by atomic mass is 9.84. The first-order chi connectivity index (χ1) is 17.7. The van der Waals surface area contributed by atoms with Gasteiger partial charge < -0.3 is 4.84 Å². The van der Waals surface area contributed by atoms with Crippen LogP contribution in [0.1, 0.15) is 51.0 Å². The van der Waals surface area contributed by atoms with Gasteiger partial charge >= 0.3 is 18.5 Å². The van der Waals surface area contributed by atoms with Crippen molar-refractivity contribution in [2.75, 3.05) is 11.5 Å². The molecule has 1 unspecified atom stereocenters. The van der Waals surface area contributed by atoms with Crippen molar-refractivity contribution >= 4 is 21.3 Å². The van der Waals surface area contributed by atoms with Crippen molar-refractivity contribution in [3.8, 4) is 0 Å². The van der Waals surface area contributed by atoms with Gasteiger partial charge in [-0.25, -0.2) is 8.42 Å². The Morgan fingerprint density at radius 3 is 1.97 bits per heavy atom. The van der Waals surface area contributed by atoms with Crippen LogP contribution in [0.2, 0.25) is 0 Å². The Balaban J connectivity index is 1.66. The van der Waals surface area contributed by atoms with Gasteiger partial charge in [-0.1, -0.05) is 17.3 Å². The van der Waals surface area contributed by atoms with Crippen LogP contribution < -0.4 is 0 Å². The first-order valence-corrected chi connectivity index (χ1v) is 13.0. The fraction of sp³-hybridized carbons (Fsp3) is 0.417. The third-order valence-corrected chi connectivity index (χ3v) is 8.51. The molecule has 5 nitrogen and oxygen atoms in total. The molecule has 2 aromatic rings. The summed E-state index contributed by atoms with van der Waals surface area (Å²) in [6.07, 6.45) is -17.5. The quantitative estimate of drug-likeness (QED) is 0.307. The van der Waals surface area contributed by atoms with Gasteiger partial charge in [-0.3, -0.25) is 4.79 Å². The molecular formula is C24H18F9NO4S. The fourth-order valence-electron chi connectivity index (χ4n) is 4.56. The molecule has 0 aromatic heterocycles. The highest BCUT2D eigenvalue weighted by molar-refractivity contribution is 7.92. The molecule has 4 rings (SSSR count). The van der Waals surface area contributed by atoms with E-state index >= 15 is 0 Å². The normalized spacial score (nSPS) is 21.7. The van der Waals surface area contributed by atoms with E-state index in [0.29, 0.717) is 5.56 Å². The van der Waals surface area contributed by atoms with Crippen molar-refractivity contribution in [3.63, 3.8) is 0 Å². The number of alkyl halides is 9. The van der Waals surface area contributed by atoms with Crippen LogP contribution in [-0.4, -0.2) is 37.6 Å². The summed E-state index contributed by atoms with van der Waals surface area (Å²) < 4.78 is 145. The summed E-state index contributed by atoms with van der Waals surface area (Å²) in [6, 6.07) is 3.40. The van der Waals surface area contributed by atoms with Crippen molar-refractivity contribution < 1.29 is 57.6 Å². The van der Waals surface area contributed by atoms with E-state index in [-0.39, 0.29) is 53.2 Å². The number of aryl methyl sites for hydroxylation is 1. The summed E-state index contributed by atoms with van der Waals surface area (Å²) in [5.74, 6) is -1.00. The number of carbonyl (C=O) groups is 1. The molecule has 0 N–H and O–H groups in total. The number of benzene rings is 2. The Labute approximate surface area is 215 Å². The summed E-state index contributed by atoms with van der Waals surface area (Å²) in [4.78, 5) is 17.2. The standard InChI is InChI=1S/C24H18F9NO4S/c1-12-4-14(2-3-18(12)20(35)5-13-10-39(36,37)11-13)19-9-21(38-34-19,24(31,32)33)15-6-16(22(25,26)27)8-17(7-15)23(28,29)30/h2-4,6-8,13H,5,9-11H2,1H3. The van der Waals surface area contributed by atoms with E-state index in [1.54, 1.807) is 0 Å². The van der Waals surface area contributed by atoms with Gasteiger partial charge in [0.15, 0.2) is 15.6 Å². The van der Waals surface area contributed by atoms with Gasteiger partial charge in [0.1, 0.15) is 0 Å². The largest absolute Gasteiger partial charge is 0.435 e. The number of Topliss-reactive ketones (excluding diaryl/α,β-unsaturated/α-hetero) is 1. The van der Waals surface area contributed by atoms with E-state index in [2.05, 4.69) is 9.99 Å². The van der Waals surface area contributed by atoms with Gasteiger partial charge in [0.2, 0.25) is 0 Å². The van der Waals surface area contributed by atoms with Crippen molar-refractivity contribution in [1.82, 2.24) is 0 Å². The van der Waals surface area contributed by atoms with Gasteiger partial charge in [0.25, 0.3) is 5.60 Å². The molecule has 0 amide bonds. The average molecular weight is 587 g/mol. The molecule has 1 saturated heterocycles. The maximum Gasteiger partial charge on any atom is 0.435 e.